The van der Waals surface area contributed by atoms with Crippen LogP contribution in [0.2, 0.25) is 0 Å². The van der Waals surface area contributed by atoms with Crippen LogP contribution >= 0.6 is 0 Å². The van der Waals surface area contributed by atoms with E-state index < -0.39 is 0 Å². The first-order valence-corrected chi connectivity index (χ1v) is 9.07. The van der Waals surface area contributed by atoms with Gasteiger partial charge in [-0.3, -0.25) is 14.3 Å². The lowest BCUT2D eigenvalue weighted by Gasteiger charge is -2.26. The number of ether oxygens (including phenoxy) is 1. The lowest BCUT2D eigenvalue weighted by molar-refractivity contribution is -0.136. The van der Waals surface area contributed by atoms with Crippen molar-refractivity contribution >= 4 is 17.6 Å². The van der Waals surface area contributed by atoms with Gasteiger partial charge in [-0.05, 0) is 37.8 Å². The Balaban J connectivity index is 1.29. The van der Waals surface area contributed by atoms with Crippen LogP contribution in [0.4, 0.5) is 5.82 Å². The number of carbonyl (C=O) groups is 2. The summed E-state index contributed by atoms with van der Waals surface area (Å²) in [6, 6.07) is 1.75. The Morgan fingerprint density at radius 1 is 1.32 bits per heavy atom. The maximum absolute atomic E-state index is 12.5. The van der Waals surface area contributed by atoms with E-state index in [9.17, 15) is 9.59 Å². The molecule has 2 N–H and O–H groups in total. The molecule has 1 aliphatic carbocycles. The number of hydrogen-bond acceptors (Lipinski definition) is 5. The molecule has 2 aliphatic heterocycles. The molecule has 0 radical (unpaired) electrons. The van der Waals surface area contributed by atoms with Gasteiger partial charge in [-0.2, -0.15) is 5.10 Å². The maximum Gasteiger partial charge on any atom is 0.244 e. The first-order valence-electron chi connectivity index (χ1n) is 9.07. The van der Waals surface area contributed by atoms with E-state index in [1.54, 1.807) is 21.8 Å². The van der Waals surface area contributed by atoms with Gasteiger partial charge in [0.05, 0.1) is 13.2 Å². The molecule has 1 atom stereocenters. The average molecular weight is 347 g/mol. The molecular weight excluding hydrogens is 322 g/mol. The summed E-state index contributed by atoms with van der Waals surface area (Å²) in [5, 5.41) is 10.6. The molecule has 8 nitrogen and oxygen atoms in total. The summed E-state index contributed by atoms with van der Waals surface area (Å²) in [6.45, 7) is 4.62. The van der Waals surface area contributed by atoms with Crippen molar-refractivity contribution in [1.29, 1.82) is 0 Å². The molecule has 1 aromatic rings. The number of amides is 2. The number of anilines is 1. The Morgan fingerprint density at radius 2 is 2.08 bits per heavy atom. The largest absolute Gasteiger partial charge is 0.378 e. The number of carbonyl (C=O) groups excluding carboxylic acids is 2. The smallest absolute Gasteiger partial charge is 0.244 e. The van der Waals surface area contributed by atoms with Gasteiger partial charge >= 0.3 is 0 Å². The van der Waals surface area contributed by atoms with Crippen molar-refractivity contribution in [1.82, 2.24) is 20.0 Å². The van der Waals surface area contributed by atoms with Crippen LogP contribution in [0.15, 0.2) is 12.3 Å². The summed E-state index contributed by atoms with van der Waals surface area (Å²) < 4.78 is 6.84. The first-order chi connectivity index (χ1) is 12.2. The molecular formula is C17H25N5O3. The summed E-state index contributed by atoms with van der Waals surface area (Å²) in [5.74, 6) is 0.720. The standard InChI is InChI=1S/C17H25N5O3/c23-15(21-7-9-25-10-8-21)12-22-6-1-14(20-22)19-16(24)13-11-17(13)2-4-18-5-3-17/h1,6,13,18H,2-5,7-12H2,(H,19,20,24). The fourth-order valence-corrected chi connectivity index (χ4v) is 3.98. The maximum atomic E-state index is 12.5. The third-order valence-electron chi connectivity index (χ3n) is 5.66. The first kappa shape index (κ1) is 16.5. The minimum atomic E-state index is 0.0279. The predicted molar refractivity (Wildman–Crippen MR) is 90.9 cm³/mol. The molecule has 4 rings (SSSR count). The van der Waals surface area contributed by atoms with Crippen LogP contribution in [-0.2, 0) is 20.9 Å². The van der Waals surface area contributed by atoms with Crippen LogP contribution in [0.3, 0.4) is 0 Å². The van der Waals surface area contributed by atoms with Gasteiger partial charge in [0, 0.05) is 31.3 Å². The van der Waals surface area contributed by atoms with Gasteiger partial charge in [0.15, 0.2) is 5.82 Å². The van der Waals surface area contributed by atoms with Crippen molar-refractivity contribution in [2.75, 3.05) is 44.7 Å². The van der Waals surface area contributed by atoms with Gasteiger partial charge in [0.25, 0.3) is 0 Å². The number of rotatable bonds is 4. The van der Waals surface area contributed by atoms with Gasteiger partial charge in [0.1, 0.15) is 6.54 Å². The van der Waals surface area contributed by atoms with E-state index in [1.807, 2.05) is 0 Å². The van der Waals surface area contributed by atoms with Crippen LogP contribution in [0.1, 0.15) is 19.3 Å². The van der Waals surface area contributed by atoms with Crippen LogP contribution in [0, 0.1) is 11.3 Å². The highest BCUT2D eigenvalue weighted by atomic mass is 16.5. The van der Waals surface area contributed by atoms with Gasteiger partial charge in [-0.25, -0.2) is 0 Å². The quantitative estimate of drug-likeness (QED) is 0.805. The summed E-state index contributed by atoms with van der Waals surface area (Å²) in [7, 11) is 0. The minimum Gasteiger partial charge on any atom is -0.378 e. The number of nitrogens with zero attached hydrogens (tertiary/aromatic N) is 3. The summed E-state index contributed by atoms with van der Waals surface area (Å²) >= 11 is 0. The monoisotopic (exact) mass is 347 g/mol. The van der Waals surface area contributed by atoms with Gasteiger partial charge in [-0.1, -0.05) is 0 Å². The molecule has 3 aliphatic rings. The SMILES string of the molecule is O=C(Nc1ccn(CC(=O)N2CCOCC2)n1)C1CC12CCNCC2. The molecule has 1 unspecified atom stereocenters. The van der Waals surface area contributed by atoms with Gasteiger partial charge < -0.3 is 20.3 Å². The zero-order valence-corrected chi connectivity index (χ0v) is 14.4. The van der Waals surface area contributed by atoms with Crippen molar-refractivity contribution in [3.63, 3.8) is 0 Å². The van der Waals surface area contributed by atoms with Crippen LogP contribution < -0.4 is 10.6 Å². The molecule has 0 aromatic carbocycles. The van der Waals surface area contributed by atoms with Crippen molar-refractivity contribution < 1.29 is 14.3 Å². The Morgan fingerprint density at radius 3 is 2.84 bits per heavy atom. The highest BCUT2D eigenvalue weighted by molar-refractivity contribution is 5.94. The normalized spacial score (nSPS) is 25.0. The van der Waals surface area contributed by atoms with Crippen molar-refractivity contribution in [3.8, 4) is 0 Å². The lowest BCUT2D eigenvalue weighted by atomic mass is 9.92. The Bertz CT molecular complexity index is 646. The van der Waals surface area contributed by atoms with Crippen molar-refractivity contribution in [3.05, 3.63) is 12.3 Å². The fraction of sp³-hybridized carbons (Fsp3) is 0.706. The molecule has 1 saturated carbocycles. The second-order valence-electron chi connectivity index (χ2n) is 7.25. The molecule has 136 valence electrons. The van der Waals surface area contributed by atoms with E-state index in [2.05, 4.69) is 15.7 Å². The molecule has 3 heterocycles. The number of hydrogen-bond donors (Lipinski definition) is 2. The summed E-state index contributed by atoms with van der Waals surface area (Å²) in [6.07, 6.45) is 4.87. The molecule has 2 saturated heterocycles. The number of piperidine rings is 1. The topological polar surface area (TPSA) is 88.5 Å². The minimum absolute atomic E-state index is 0.0279. The van der Waals surface area contributed by atoms with Gasteiger partial charge in [0.2, 0.25) is 11.8 Å². The second-order valence-corrected chi connectivity index (χ2v) is 7.25. The van der Waals surface area contributed by atoms with E-state index in [1.165, 1.54) is 0 Å². The summed E-state index contributed by atoms with van der Waals surface area (Å²) in [4.78, 5) is 26.5. The third-order valence-corrected chi connectivity index (χ3v) is 5.66. The molecule has 8 heteroatoms. The highest BCUT2D eigenvalue weighted by Gasteiger charge is 2.57. The van der Waals surface area contributed by atoms with Crippen molar-refractivity contribution in [2.24, 2.45) is 11.3 Å². The Labute approximate surface area is 146 Å². The van der Waals surface area contributed by atoms with Crippen molar-refractivity contribution in [2.45, 2.75) is 25.8 Å². The molecule has 1 aromatic heterocycles. The number of nitrogens with one attached hydrogen (secondary N) is 2. The summed E-state index contributed by atoms with van der Waals surface area (Å²) in [5.41, 5.74) is 0.212. The van der Waals surface area contributed by atoms with E-state index in [4.69, 9.17) is 4.74 Å². The van der Waals surface area contributed by atoms with E-state index in [-0.39, 0.29) is 29.7 Å². The number of aromatic nitrogens is 2. The molecule has 3 fully saturated rings. The van der Waals surface area contributed by atoms with E-state index in [0.717, 1.165) is 32.4 Å². The van der Waals surface area contributed by atoms with Crippen LogP contribution in [-0.4, -0.2) is 65.9 Å². The van der Waals surface area contributed by atoms with Crippen LogP contribution in [0.25, 0.3) is 0 Å². The molecule has 2 amide bonds. The molecule has 1 spiro atoms. The van der Waals surface area contributed by atoms with Crippen LogP contribution in [0.5, 0.6) is 0 Å². The Hall–Kier alpha value is -1.93. The molecule has 0 bridgehead atoms. The number of morpholine rings is 1. The lowest BCUT2D eigenvalue weighted by Crippen LogP contribution is -2.42. The molecule has 25 heavy (non-hydrogen) atoms. The zero-order valence-electron chi connectivity index (χ0n) is 14.4. The van der Waals surface area contributed by atoms with Gasteiger partial charge in [-0.15, -0.1) is 0 Å². The average Bonchev–Trinajstić information content (AvgIpc) is 3.14. The highest BCUT2D eigenvalue weighted by Crippen LogP contribution is 2.58. The van der Waals surface area contributed by atoms with E-state index >= 15 is 0 Å². The Kier molecular flexibility index (Phi) is 4.47. The second kappa shape index (κ2) is 6.76. The zero-order chi connectivity index (χ0) is 17.3. The fourth-order valence-electron chi connectivity index (χ4n) is 3.98. The van der Waals surface area contributed by atoms with E-state index in [0.29, 0.717) is 32.1 Å². The third kappa shape index (κ3) is 3.55. The predicted octanol–water partition coefficient (Wildman–Crippen LogP) is 0.0701.